The molecule has 13 heavy (non-hydrogen) atoms. The molecular weight excluding hydrogens is 170 g/mol. The van der Waals surface area contributed by atoms with Crippen LogP contribution in [0.1, 0.15) is 26.7 Å². The number of nitrogens with one attached hydrogen (secondary N) is 1. The van der Waals surface area contributed by atoms with E-state index in [0.717, 1.165) is 0 Å². The maximum Gasteiger partial charge on any atom is 0.220 e. The second-order valence-corrected chi connectivity index (χ2v) is 3.41. The Hall–Kier alpha value is -1.19. The van der Waals surface area contributed by atoms with E-state index in [1.165, 1.54) is 13.8 Å². The first-order chi connectivity index (χ1) is 6.02. The Morgan fingerprint density at radius 3 is 2.23 bits per heavy atom. The third kappa shape index (κ3) is 2.14. The summed E-state index contributed by atoms with van der Waals surface area (Å²) >= 11 is 0. The van der Waals surface area contributed by atoms with E-state index in [-0.39, 0.29) is 23.5 Å². The molecule has 1 N–H and O–H groups in total. The van der Waals surface area contributed by atoms with Crippen LogP contribution in [0.15, 0.2) is 0 Å². The van der Waals surface area contributed by atoms with E-state index in [1.807, 2.05) is 0 Å². The van der Waals surface area contributed by atoms with E-state index in [2.05, 4.69) is 5.32 Å². The molecule has 1 rings (SSSR count). The van der Waals surface area contributed by atoms with Gasteiger partial charge >= 0.3 is 0 Å². The number of carbonyl (C=O) groups is 3. The molecule has 0 aromatic carbocycles. The smallest absolute Gasteiger partial charge is 0.220 e. The molecule has 4 nitrogen and oxygen atoms in total. The molecule has 1 saturated heterocycles. The van der Waals surface area contributed by atoms with Gasteiger partial charge in [0.05, 0.1) is 5.92 Å². The van der Waals surface area contributed by atoms with Gasteiger partial charge in [-0.3, -0.25) is 14.4 Å². The molecule has 1 fully saturated rings. The molecule has 1 aliphatic heterocycles. The SMILES string of the molecule is CC(=O)C(C(C)=O)C1CCC(=O)N1. The number of amides is 1. The van der Waals surface area contributed by atoms with Crippen molar-refractivity contribution in [3.63, 3.8) is 0 Å². The molecule has 72 valence electrons. The first-order valence-electron chi connectivity index (χ1n) is 4.32. The number of ketones is 2. The highest BCUT2D eigenvalue weighted by Crippen LogP contribution is 2.17. The summed E-state index contributed by atoms with van der Waals surface area (Å²) in [5.74, 6) is -1.05. The molecule has 0 bridgehead atoms. The third-order valence-corrected chi connectivity index (χ3v) is 2.31. The van der Waals surface area contributed by atoms with E-state index in [9.17, 15) is 14.4 Å². The van der Waals surface area contributed by atoms with Crippen molar-refractivity contribution in [1.29, 1.82) is 0 Å². The second kappa shape index (κ2) is 3.68. The summed E-state index contributed by atoms with van der Waals surface area (Å²) in [7, 11) is 0. The zero-order chi connectivity index (χ0) is 10.0. The fraction of sp³-hybridized carbons (Fsp3) is 0.667. The Kier molecular flexibility index (Phi) is 2.80. The lowest BCUT2D eigenvalue weighted by Crippen LogP contribution is -2.40. The second-order valence-electron chi connectivity index (χ2n) is 3.41. The summed E-state index contributed by atoms with van der Waals surface area (Å²) in [5, 5.41) is 2.64. The summed E-state index contributed by atoms with van der Waals surface area (Å²) in [6.07, 6.45) is 1.00. The van der Waals surface area contributed by atoms with Crippen LogP contribution in [0.25, 0.3) is 0 Å². The molecule has 0 aliphatic carbocycles. The largest absolute Gasteiger partial charge is 0.352 e. The molecule has 0 spiro atoms. The van der Waals surface area contributed by atoms with Crippen LogP contribution in [0.4, 0.5) is 0 Å². The molecule has 0 radical (unpaired) electrons. The highest BCUT2D eigenvalue weighted by molar-refractivity contribution is 6.01. The van der Waals surface area contributed by atoms with E-state index in [1.54, 1.807) is 0 Å². The monoisotopic (exact) mass is 183 g/mol. The topological polar surface area (TPSA) is 63.2 Å². The van der Waals surface area contributed by atoms with Crippen molar-refractivity contribution in [3.05, 3.63) is 0 Å². The van der Waals surface area contributed by atoms with Crippen molar-refractivity contribution >= 4 is 17.5 Å². The summed E-state index contributed by atoms with van der Waals surface area (Å²) < 4.78 is 0. The van der Waals surface area contributed by atoms with Gasteiger partial charge in [-0.2, -0.15) is 0 Å². The van der Waals surface area contributed by atoms with Gasteiger partial charge in [0.1, 0.15) is 11.6 Å². The van der Waals surface area contributed by atoms with Crippen LogP contribution < -0.4 is 5.32 Å². The van der Waals surface area contributed by atoms with Gasteiger partial charge in [-0.1, -0.05) is 0 Å². The minimum absolute atomic E-state index is 0.0718. The third-order valence-electron chi connectivity index (χ3n) is 2.31. The Labute approximate surface area is 76.7 Å². The molecule has 4 heteroatoms. The predicted octanol–water partition coefficient (Wildman–Crippen LogP) is 0.0592. The predicted molar refractivity (Wildman–Crippen MR) is 46.0 cm³/mol. The maximum atomic E-state index is 11.1. The normalized spacial score (nSPS) is 21.8. The molecule has 1 amide bonds. The van der Waals surface area contributed by atoms with Gasteiger partial charge in [-0.25, -0.2) is 0 Å². The summed E-state index contributed by atoms with van der Waals surface area (Å²) in [5.41, 5.74) is 0. The van der Waals surface area contributed by atoms with Crippen molar-refractivity contribution in [2.75, 3.05) is 0 Å². The fourth-order valence-corrected chi connectivity index (χ4v) is 1.74. The minimum atomic E-state index is -0.647. The molecule has 0 aromatic rings. The number of rotatable bonds is 3. The molecular formula is C9H13NO3. The Morgan fingerprint density at radius 2 is 1.92 bits per heavy atom. The fourth-order valence-electron chi connectivity index (χ4n) is 1.74. The number of Topliss-reactive ketones (excluding diaryl/α,β-unsaturated/α-hetero) is 2. The standard InChI is InChI=1S/C9H13NO3/c1-5(11)9(6(2)12)7-3-4-8(13)10-7/h7,9H,3-4H2,1-2H3,(H,10,13). The molecule has 1 atom stereocenters. The molecule has 1 aliphatic rings. The zero-order valence-corrected chi connectivity index (χ0v) is 7.79. The van der Waals surface area contributed by atoms with Gasteiger partial charge in [0.25, 0.3) is 0 Å². The number of carbonyl (C=O) groups excluding carboxylic acids is 3. The average molecular weight is 183 g/mol. The maximum absolute atomic E-state index is 11.1. The summed E-state index contributed by atoms with van der Waals surface area (Å²) in [6.45, 7) is 2.77. The van der Waals surface area contributed by atoms with Crippen molar-refractivity contribution in [2.45, 2.75) is 32.7 Å². The van der Waals surface area contributed by atoms with Gasteiger partial charge in [-0.15, -0.1) is 0 Å². The Bertz CT molecular complexity index is 246. The van der Waals surface area contributed by atoms with Crippen LogP contribution >= 0.6 is 0 Å². The van der Waals surface area contributed by atoms with E-state index in [4.69, 9.17) is 0 Å². The lowest BCUT2D eigenvalue weighted by Gasteiger charge is -2.17. The molecule has 1 unspecified atom stereocenters. The first-order valence-corrected chi connectivity index (χ1v) is 4.32. The van der Waals surface area contributed by atoms with Gasteiger partial charge in [-0.05, 0) is 20.3 Å². The quantitative estimate of drug-likeness (QED) is 0.629. The van der Waals surface area contributed by atoms with Crippen LogP contribution in [0.3, 0.4) is 0 Å². The summed E-state index contributed by atoms with van der Waals surface area (Å²) in [4.78, 5) is 33.1. The lowest BCUT2D eigenvalue weighted by molar-refractivity contribution is -0.131. The van der Waals surface area contributed by atoms with Crippen molar-refractivity contribution in [2.24, 2.45) is 5.92 Å². The zero-order valence-electron chi connectivity index (χ0n) is 7.79. The lowest BCUT2D eigenvalue weighted by atomic mass is 9.91. The molecule has 0 saturated carbocycles. The van der Waals surface area contributed by atoms with E-state index >= 15 is 0 Å². The van der Waals surface area contributed by atoms with E-state index in [0.29, 0.717) is 12.8 Å². The minimum Gasteiger partial charge on any atom is -0.352 e. The number of hydrogen-bond donors (Lipinski definition) is 1. The van der Waals surface area contributed by atoms with Crippen LogP contribution in [-0.2, 0) is 14.4 Å². The van der Waals surface area contributed by atoms with Crippen molar-refractivity contribution in [3.8, 4) is 0 Å². The van der Waals surface area contributed by atoms with E-state index < -0.39 is 5.92 Å². The van der Waals surface area contributed by atoms with Crippen LogP contribution in [0, 0.1) is 5.92 Å². The van der Waals surface area contributed by atoms with Crippen LogP contribution in [0.5, 0.6) is 0 Å². The highest BCUT2D eigenvalue weighted by atomic mass is 16.2. The average Bonchev–Trinajstić information content (AvgIpc) is 2.34. The Morgan fingerprint density at radius 1 is 1.38 bits per heavy atom. The van der Waals surface area contributed by atoms with Gasteiger partial charge in [0.2, 0.25) is 5.91 Å². The van der Waals surface area contributed by atoms with Gasteiger partial charge < -0.3 is 5.32 Å². The Balaban J connectivity index is 2.71. The number of hydrogen-bond acceptors (Lipinski definition) is 3. The highest BCUT2D eigenvalue weighted by Gasteiger charge is 2.34. The first kappa shape index (κ1) is 9.89. The summed E-state index contributed by atoms with van der Waals surface area (Å²) in [6, 6.07) is -0.275. The molecule has 1 heterocycles. The van der Waals surface area contributed by atoms with Gasteiger partial charge in [0.15, 0.2) is 0 Å². The van der Waals surface area contributed by atoms with Crippen LogP contribution in [-0.4, -0.2) is 23.5 Å². The van der Waals surface area contributed by atoms with Crippen molar-refractivity contribution in [1.82, 2.24) is 5.32 Å². The van der Waals surface area contributed by atoms with Crippen molar-refractivity contribution < 1.29 is 14.4 Å². The van der Waals surface area contributed by atoms with Crippen LogP contribution in [0.2, 0.25) is 0 Å². The molecule has 0 aromatic heterocycles. The van der Waals surface area contributed by atoms with Gasteiger partial charge in [0, 0.05) is 12.5 Å².